The smallest absolute Gasteiger partial charge is 0.274 e. The van der Waals surface area contributed by atoms with Crippen molar-refractivity contribution < 1.29 is 24.5 Å². The summed E-state index contributed by atoms with van der Waals surface area (Å²) >= 11 is 1.39. The molecule has 2 aromatic rings. The van der Waals surface area contributed by atoms with Crippen LogP contribution in [-0.4, -0.2) is 45.1 Å². The van der Waals surface area contributed by atoms with Crippen LogP contribution in [0.5, 0.6) is 5.19 Å². The van der Waals surface area contributed by atoms with E-state index in [0.29, 0.717) is 18.0 Å². The van der Waals surface area contributed by atoms with Crippen molar-refractivity contribution in [1.82, 2.24) is 4.98 Å². The van der Waals surface area contributed by atoms with E-state index >= 15 is 0 Å². The Balaban J connectivity index is 1.25. The third kappa shape index (κ3) is 3.24. The number of Topliss-reactive ketones (excluding diaryl/α,β-unsaturated/α-hetero) is 1. The zero-order valence-corrected chi connectivity index (χ0v) is 20.9. The molecule has 0 aliphatic heterocycles. The Bertz CT molecular complexity index is 1250. The maximum Gasteiger partial charge on any atom is 0.274 e. The minimum absolute atomic E-state index is 0.0139. The highest BCUT2D eigenvalue weighted by Gasteiger charge is 2.68. The van der Waals surface area contributed by atoms with Gasteiger partial charge in [0.15, 0.2) is 12.4 Å². The topological polar surface area (TPSA) is 96.7 Å². The van der Waals surface area contributed by atoms with Crippen LogP contribution in [0.3, 0.4) is 0 Å². The lowest BCUT2D eigenvalue weighted by molar-refractivity contribution is -0.178. The molecule has 7 atom stereocenters. The Labute approximate surface area is 208 Å². The van der Waals surface area contributed by atoms with Crippen LogP contribution < -0.4 is 4.74 Å². The van der Waals surface area contributed by atoms with E-state index in [9.17, 15) is 19.8 Å². The van der Waals surface area contributed by atoms with Crippen LogP contribution in [-0.2, 0) is 9.59 Å². The first-order chi connectivity index (χ1) is 16.7. The van der Waals surface area contributed by atoms with Crippen molar-refractivity contribution in [3.05, 3.63) is 48.1 Å². The summed E-state index contributed by atoms with van der Waals surface area (Å²) in [7, 11) is 0. The molecule has 0 radical (unpaired) electrons. The molecule has 1 aromatic carbocycles. The van der Waals surface area contributed by atoms with Gasteiger partial charge < -0.3 is 14.9 Å². The maximum atomic E-state index is 13.5. The molecule has 5 unspecified atom stereocenters. The first kappa shape index (κ1) is 23.1. The number of benzene rings is 1. The van der Waals surface area contributed by atoms with Crippen molar-refractivity contribution in [1.29, 1.82) is 0 Å². The number of hydrogen-bond acceptors (Lipinski definition) is 7. The van der Waals surface area contributed by atoms with Gasteiger partial charge in [-0.2, -0.15) is 0 Å². The fourth-order valence-corrected chi connectivity index (χ4v) is 8.76. The Morgan fingerprint density at radius 1 is 1.26 bits per heavy atom. The minimum Gasteiger partial charge on any atom is -0.462 e. The van der Waals surface area contributed by atoms with Gasteiger partial charge in [-0.25, -0.2) is 4.98 Å². The number of thiazole rings is 1. The highest BCUT2D eigenvalue weighted by atomic mass is 32.1. The van der Waals surface area contributed by atoms with E-state index in [4.69, 9.17) is 4.74 Å². The Kier molecular flexibility index (Phi) is 5.16. The Morgan fingerprint density at radius 2 is 2.06 bits per heavy atom. The number of aliphatic hydroxyl groups is 2. The molecular weight excluding hydrogens is 462 g/mol. The van der Waals surface area contributed by atoms with E-state index in [0.717, 1.165) is 35.1 Å². The fourth-order valence-electron chi connectivity index (χ4n) is 7.95. The Hall–Kier alpha value is -2.35. The molecule has 1 heterocycles. The summed E-state index contributed by atoms with van der Waals surface area (Å²) < 4.78 is 6.76. The second-order valence-corrected chi connectivity index (χ2v) is 12.3. The second-order valence-electron chi connectivity index (χ2n) is 11.3. The Morgan fingerprint density at radius 3 is 2.86 bits per heavy atom. The molecule has 2 N–H and O–H groups in total. The summed E-state index contributed by atoms with van der Waals surface area (Å²) in [6, 6.07) is 7.70. The number of ether oxygens (including phenoxy) is 1. The van der Waals surface area contributed by atoms with Gasteiger partial charge in [0, 0.05) is 16.7 Å². The maximum absolute atomic E-state index is 13.5. The van der Waals surface area contributed by atoms with Crippen LogP contribution in [0.2, 0.25) is 0 Å². The molecule has 35 heavy (non-hydrogen) atoms. The zero-order chi connectivity index (χ0) is 24.6. The molecule has 0 spiro atoms. The summed E-state index contributed by atoms with van der Waals surface area (Å²) in [4.78, 5) is 29.9. The number of rotatable bonds is 4. The highest BCUT2D eigenvalue weighted by molar-refractivity contribution is 7.20. The molecule has 3 saturated carbocycles. The molecule has 7 heteroatoms. The van der Waals surface area contributed by atoms with Gasteiger partial charge in [-0.15, -0.1) is 0 Å². The zero-order valence-electron chi connectivity index (χ0n) is 20.1. The number of allylic oxidation sites excluding steroid dienone is 4. The number of carbonyl (C=O) groups excluding carboxylic acids is 2. The molecule has 3 fully saturated rings. The van der Waals surface area contributed by atoms with E-state index in [1.54, 1.807) is 12.2 Å². The molecule has 4 aliphatic rings. The lowest BCUT2D eigenvalue weighted by Gasteiger charge is -2.59. The van der Waals surface area contributed by atoms with Crippen LogP contribution in [0.1, 0.15) is 46.0 Å². The van der Waals surface area contributed by atoms with Crippen molar-refractivity contribution >= 4 is 33.1 Å². The standard InChI is InChI=1S/C28H31NO5S/c1-26-11-9-17(30)13-16(26)7-8-18-19-10-12-28(33,27(19,2)14-21(31)24(18)26)23(32)15-34-25-29-20-5-3-4-6-22(20)35-25/h3-6,9,11,13,18-19,21,24,31,33H,7-8,10,12,14-15H2,1-2H3/t18?,19?,21-,24?,26?,27?,28-/m0/s1. The van der Waals surface area contributed by atoms with Crippen molar-refractivity contribution in [3.63, 3.8) is 0 Å². The predicted octanol–water partition coefficient (Wildman–Crippen LogP) is 4.25. The van der Waals surface area contributed by atoms with Crippen LogP contribution in [0.15, 0.2) is 48.1 Å². The van der Waals surface area contributed by atoms with Gasteiger partial charge in [-0.05, 0) is 68.2 Å². The first-order valence-corrected chi connectivity index (χ1v) is 13.3. The number of ketones is 2. The largest absolute Gasteiger partial charge is 0.462 e. The average molecular weight is 494 g/mol. The summed E-state index contributed by atoms with van der Waals surface area (Å²) in [6.07, 6.45) is 7.81. The third-order valence-electron chi connectivity index (χ3n) is 9.71. The lowest BCUT2D eigenvalue weighted by Crippen LogP contribution is -2.61. The normalized spacial score (nSPS) is 40.1. The fraction of sp³-hybridized carbons (Fsp3) is 0.536. The molecule has 6 nitrogen and oxygen atoms in total. The average Bonchev–Trinajstić information content (AvgIpc) is 3.36. The van der Waals surface area contributed by atoms with Crippen LogP contribution in [0, 0.1) is 28.6 Å². The van der Waals surface area contributed by atoms with Gasteiger partial charge in [0.1, 0.15) is 5.60 Å². The van der Waals surface area contributed by atoms with E-state index in [-0.39, 0.29) is 41.3 Å². The predicted molar refractivity (Wildman–Crippen MR) is 133 cm³/mol. The van der Waals surface area contributed by atoms with Crippen molar-refractivity contribution in [2.24, 2.45) is 28.6 Å². The number of fused-ring (bicyclic) bond motifs is 6. The molecule has 6 rings (SSSR count). The molecule has 1 aromatic heterocycles. The number of aromatic nitrogens is 1. The summed E-state index contributed by atoms with van der Waals surface area (Å²) in [6.45, 7) is 3.87. The van der Waals surface area contributed by atoms with Crippen LogP contribution in [0.4, 0.5) is 0 Å². The first-order valence-electron chi connectivity index (χ1n) is 12.5. The van der Waals surface area contributed by atoms with Crippen LogP contribution >= 0.6 is 11.3 Å². The number of nitrogens with zero attached hydrogens (tertiary/aromatic N) is 1. The van der Waals surface area contributed by atoms with Crippen molar-refractivity contribution in [2.45, 2.75) is 57.7 Å². The van der Waals surface area contributed by atoms with E-state index in [2.05, 4.69) is 11.9 Å². The SMILES string of the molecule is CC12C=CC(=O)C=C1CCC1C2[C@@H](O)CC2(C)C1CC[C@]2(O)C(=O)COc1nc2ccccc2s1. The van der Waals surface area contributed by atoms with Gasteiger partial charge in [-0.1, -0.05) is 49.0 Å². The molecule has 0 amide bonds. The quantitative estimate of drug-likeness (QED) is 0.661. The van der Waals surface area contributed by atoms with Crippen molar-refractivity contribution in [2.75, 3.05) is 6.61 Å². The van der Waals surface area contributed by atoms with Crippen LogP contribution in [0.25, 0.3) is 10.2 Å². The second kappa shape index (κ2) is 7.82. The minimum atomic E-state index is -1.55. The van der Waals surface area contributed by atoms with Gasteiger partial charge in [0.25, 0.3) is 5.19 Å². The number of aliphatic hydroxyl groups excluding tert-OH is 1. The third-order valence-corrected chi connectivity index (χ3v) is 10.7. The van der Waals surface area contributed by atoms with E-state index in [1.807, 2.05) is 37.3 Å². The van der Waals surface area contributed by atoms with Crippen molar-refractivity contribution in [3.8, 4) is 5.19 Å². The molecule has 4 aliphatic carbocycles. The van der Waals surface area contributed by atoms with E-state index < -0.39 is 17.1 Å². The number of hydrogen-bond donors (Lipinski definition) is 2. The van der Waals surface area contributed by atoms with Gasteiger partial charge in [-0.3, -0.25) is 9.59 Å². The van der Waals surface area contributed by atoms with Gasteiger partial charge >= 0.3 is 0 Å². The summed E-state index contributed by atoms with van der Waals surface area (Å²) in [5.74, 6) is -0.0490. The highest BCUT2D eigenvalue weighted by Crippen LogP contribution is 2.67. The molecule has 0 bridgehead atoms. The van der Waals surface area contributed by atoms with E-state index in [1.165, 1.54) is 11.3 Å². The summed E-state index contributed by atoms with van der Waals surface area (Å²) in [5, 5.41) is 23.7. The molecular formula is C28H31NO5S. The lowest BCUT2D eigenvalue weighted by atomic mass is 9.46. The summed E-state index contributed by atoms with van der Waals surface area (Å²) in [5.41, 5.74) is -0.713. The number of carbonyl (C=O) groups is 2. The number of para-hydroxylation sites is 1. The van der Waals surface area contributed by atoms with Gasteiger partial charge in [0.2, 0.25) is 5.78 Å². The molecule has 184 valence electrons. The molecule has 0 saturated heterocycles. The van der Waals surface area contributed by atoms with Gasteiger partial charge in [0.05, 0.1) is 16.3 Å². The monoisotopic (exact) mass is 493 g/mol.